The molecular weight excluding hydrogens is 260 g/mol. The second-order valence-electron chi connectivity index (χ2n) is 3.67. The van der Waals surface area contributed by atoms with Crippen LogP contribution in [0.4, 0.5) is 5.69 Å². The lowest BCUT2D eigenvalue weighted by atomic mass is 10.3. The van der Waals surface area contributed by atoms with Gasteiger partial charge in [0.15, 0.2) is 5.57 Å². The number of nitrogens with one attached hydrogen (secondary N) is 1. The van der Waals surface area contributed by atoms with Crippen LogP contribution in [-0.4, -0.2) is 33.4 Å². The molecule has 0 fully saturated rings. The molecule has 0 aliphatic heterocycles. The van der Waals surface area contributed by atoms with Crippen molar-refractivity contribution in [2.24, 2.45) is 0 Å². The van der Waals surface area contributed by atoms with Gasteiger partial charge in [-0.1, -0.05) is 0 Å². The Morgan fingerprint density at radius 1 is 1.30 bits per heavy atom. The molecule has 0 aliphatic rings. The summed E-state index contributed by atoms with van der Waals surface area (Å²) in [5.74, 6) is 0.0320. The molecule has 1 aromatic rings. The van der Waals surface area contributed by atoms with Crippen molar-refractivity contribution >= 4 is 11.7 Å². The highest BCUT2D eigenvalue weighted by molar-refractivity contribution is 5.93. The first-order chi connectivity index (χ1) is 9.71. The monoisotopic (exact) mass is 276 g/mol. The van der Waals surface area contributed by atoms with Crippen LogP contribution >= 0.6 is 0 Å². The van der Waals surface area contributed by atoms with Gasteiger partial charge in [0.2, 0.25) is 0 Å². The molecule has 106 valence electrons. The van der Waals surface area contributed by atoms with Crippen LogP contribution in [0.1, 0.15) is 0 Å². The fraction of sp³-hybridized carbons (Fsp3) is 0.286. The van der Waals surface area contributed by atoms with Crippen LogP contribution < -0.4 is 10.1 Å². The topological polar surface area (TPSA) is 80.6 Å². The molecule has 0 amide bonds. The number of ether oxygens (including phenoxy) is 3. The molecule has 0 saturated carbocycles. The number of benzene rings is 1. The Morgan fingerprint density at radius 3 is 2.55 bits per heavy atom. The summed E-state index contributed by atoms with van der Waals surface area (Å²) in [4.78, 5) is 11.5. The normalized spacial score (nSPS) is 10.6. The molecule has 1 N–H and O–H groups in total. The van der Waals surface area contributed by atoms with Crippen LogP contribution in [-0.2, 0) is 14.3 Å². The molecular formula is C14H16N2O4. The summed E-state index contributed by atoms with van der Waals surface area (Å²) in [5.41, 5.74) is 0.611. The van der Waals surface area contributed by atoms with E-state index >= 15 is 0 Å². The van der Waals surface area contributed by atoms with Gasteiger partial charge in [-0.15, -0.1) is 0 Å². The largest absolute Gasteiger partial charge is 0.497 e. The summed E-state index contributed by atoms with van der Waals surface area (Å²) in [6, 6.07) is 8.84. The second-order valence-corrected chi connectivity index (χ2v) is 3.67. The summed E-state index contributed by atoms with van der Waals surface area (Å²) in [7, 11) is 3.08. The molecule has 0 radical (unpaired) electrons. The average Bonchev–Trinajstić information content (AvgIpc) is 2.49. The molecule has 0 atom stereocenters. The number of methoxy groups -OCH3 is 2. The molecule has 0 unspecified atom stereocenters. The number of rotatable bonds is 7. The highest BCUT2D eigenvalue weighted by Gasteiger charge is 2.09. The van der Waals surface area contributed by atoms with Crippen molar-refractivity contribution in [2.75, 3.05) is 32.8 Å². The number of nitrogens with zero attached hydrogens (tertiary/aromatic N) is 1. The van der Waals surface area contributed by atoms with E-state index in [-0.39, 0.29) is 18.8 Å². The fourth-order valence-corrected chi connectivity index (χ4v) is 1.28. The summed E-state index contributed by atoms with van der Waals surface area (Å²) in [5, 5.41) is 11.7. The van der Waals surface area contributed by atoms with Gasteiger partial charge in [-0.3, -0.25) is 0 Å². The van der Waals surface area contributed by atoms with Gasteiger partial charge in [0.25, 0.3) is 0 Å². The van der Waals surface area contributed by atoms with Crippen molar-refractivity contribution in [3.63, 3.8) is 0 Å². The lowest BCUT2D eigenvalue weighted by Gasteiger charge is -2.05. The van der Waals surface area contributed by atoms with Crippen LogP contribution in [0.5, 0.6) is 5.75 Å². The van der Waals surface area contributed by atoms with Crippen molar-refractivity contribution in [3.05, 3.63) is 36.0 Å². The lowest BCUT2D eigenvalue weighted by molar-refractivity contribution is -0.139. The first-order valence-corrected chi connectivity index (χ1v) is 5.88. The van der Waals surface area contributed by atoms with Gasteiger partial charge in [0, 0.05) is 19.0 Å². The molecule has 0 saturated heterocycles. The Morgan fingerprint density at radius 2 is 2.00 bits per heavy atom. The van der Waals surface area contributed by atoms with E-state index in [0.29, 0.717) is 0 Å². The molecule has 0 heterocycles. The quantitative estimate of drug-likeness (QED) is 0.353. The van der Waals surface area contributed by atoms with E-state index in [1.165, 1.54) is 13.3 Å². The third-order valence-corrected chi connectivity index (χ3v) is 2.33. The highest BCUT2D eigenvalue weighted by Crippen LogP contribution is 2.15. The molecule has 6 heteroatoms. The van der Waals surface area contributed by atoms with E-state index in [4.69, 9.17) is 19.5 Å². The summed E-state index contributed by atoms with van der Waals surface area (Å²) >= 11 is 0. The number of hydrogen-bond donors (Lipinski definition) is 1. The van der Waals surface area contributed by atoms with Crippen molar-refractivity contribution in [3.8, 4) is 11.8 Å². The Hall–Kier alpha value is -2.52. The predicted octanol–water partition coefficient (Wildman–Crippen LogP) is 1.70. The zero-order valence-electron chi connectivity index (χ0n) is 11.4. The molecule has 0 bridgehead atoms. The maximum Gasteiger partial charge on any atom is 0.350 e. The minimum absolute atomic E-state index is 0.108. The third kappa shape index (κ3) is 5.00. The van der Waals surface area contributed by atoms with Gasteiger partial charge in [-0.05, 0) is 24.3 Å². The number of anilines is 1. The molecule has 1 rings (SSSR count). The van der Waals surface area contributed by atoms with E-state index < -0.39 is 5.97 Å². The first-order valence-electron chi connectivity index (χ1n) is 5.88. The van der Waals surface area contributed by atoms with Gasteiger partial charge in [0.05, 0.1) is 13.7 Å². The number of hydrogen-bond acceptors (Lipinski definition) is 6. The highest BCUT2D eigenvalue weighted by atomic mass is 16.6. The van der Waals surface area contributed by atoms with Crippen LogP contribution in [0.15, 0.2) is 36.0 Å². The summed E-state index contributed by atoms with van der Waals surface area (Å²) in [6.07, 6.45) is 1.30. The smallest absolute Gasteiger partial charge is 0.350 e. The van der Waals surface area contributed by atoms with Gasteiger partial charge in [-0.25, -0.2) is 4.79 Å². The Bertz CT molecular complexity index is 503. The molecule has 0 aromatic heterocycles. The number of carbonyl (C=O) groups is 1. The molecule has 1 aromatic carbocycles. The van der Waals surface area contributed by atoms with E-state index in [0.717, 1.165) is 11.4 Å². The maximum atomic E-state index is 11.5. The Labute approximate surface area is 117 Å². The van der Waals surface area contributed by atoms with Crippen LogP contribution in [0.3, 0.4) is 0 Å². The zero-order valence-corrected chi connectivity index (χ0v) is 11.4. The van der Waals surface area contributed by atoms with E-state index in [1.807, 2.05) is 0 Å². The minimum Gasteiger partial charge on any atom is -0.497 e. The third-order valence-electron chi connectivity index (χ3n) is 2.33. The van der Waals surface area contributed by atoms with Gasteiger partial charge in [0.1, 0.15) is 18.4 Å². The van der Waals surface area contributed by atoms with Gasteiger partial charge in [-0.2, -0.15) is 5.26 Å². The first kappa shape index (κ1) is 15.5. The van der Waals surface area contributed by atoms with Crippen molar-refractivity contribution < 1.29 is 19.0 Å². The number of carbonyl (C=O) groups excluding carboxylic acids is 1. The Balaban J connectivity index is 2.60. The van der Waals surface area contributed by atoms with E-state index in [2.05, 4.69) is 5.32 Å². The summed E-state index contributed by atoms with van der Waals surface area (Å²) in [6.45, 7) is 0.396. The number of nitriles is 1. The van der Waals surface area contributed by atoms with E-state index in [9.17, 15) is 4.79 Å². The average molecular weight is 276 g/mol. The standard InChI is InChI=1S/C14H16N2O4/c1-18-7-8-20-14(17)11(9-15)10-16-12-3-5-13(19-2)6-4-12/h3-6,10,16H,7-8H2,1-2H3. The van der Waals surface area contributed by atoms with Crippen LogP contribution in [0.25, 0.3) is 0 Å². The molecule has 0 aliphatic carbocycles. The van der Waals surface area contributed by atoms with Gasteiger partial charge < -0.3 is 19.5 Å². The van der Waals surface area contributed by atoms with E-state index in [1.54, 1.807) is 37.4 Å². The SMILES string of the molecule is COCCOC(=O)C(C#N)=CNc1ccc(OC)cc1. The van der Waals surface area contributed by atoms with Gasteiger partial charge >= 0.3 is 5.97 Å². The van der Waals surface area contributed by atoms with Crippen molar-refractivity contribution in [1.29, 1.82) is 5.26 Å². The zero-order chi connectivity index (χ0) is 14.8. The maximum absolute atomic E-state index is 11.5. The van der Waals surface area contributed by atoms with Crippen molar-refractivity contribution in [1.82, 2.24) is 0 Å². The fourth-order valence-electron chi connectivity index (χ4n) is 1.28. The predicted molar refractivity (Wildman–Crippen MR) is 73.1 cm³/mol. The summed E-state index contributed by atoms with van der Waals surface area (Å²) < 4.78 is 14.6. The minimum atomic E-state index is -0.689. The van der Waals surface area contributed by atoms with Crippen LogP contribution in [0, 0.1) is 11.3 Å². The molecule has 6 nitrogen and oxygen atoms in total. The molecule has 20 heavy (non-hydrogen) atoms. The lowest BCUT2D eigenvalue weighted by Crippen LogP contribution is -2.12. The molecule has 0 spiro atoms. The second kappa shape index (κ2) is 8.56. The number of esters is 1. The van der Waals surface area contributed by atoms with Crippen molar-refractivity contribution in [2.45, 2.75) is 0 Å². The van der Waals surface area contributed by atoms with Crippen LogP contribution in [0.2, 0.25) is 0 Å². The Kier molecular flexibility index (Phi) is 6.65.